The van der Waals surface area contributed by atoms with Crippen LogP contribution in [0.5, 0.6) is 0 Å². The van der Waals surface area contributed by atoms with Gasteiger partial charge in [-0.05, 0) is 50.2 Å². The van der Waals surface area contributed by atoms with Crippen molar-refractivity contribution in [3.8, 4) is 11.5 Å². The number of thioether (sulfide) groups is 1. The van der Waals surface area contributed by atoms with Crippen LogP contribution in [0.2, 0.25) is 0 Å². The molecule has 0 aliphatic heterocycles. The molecule has 21 heavy (non-hydrogen) atoms. The van der Waals surface area contributed by atoms with E-state index in [-0.39, 0.29) is 0 Å². The molecule has 0 radical (unpaired) electrons. The molecule has 4 nitrogen and oxygen atoms in total. The van der Waals surface area contributed by atoms with Gasteiger partial charge in [0.25, 0.3) is 0 Å². The van der Waals surface area contributed by atoms with Gasteiger partial charge < -0.3 is 4.42 Å². The number of nitrogens with zero attached hydrogens (tertiary/aromatic N) is 3. The molecule has 0 fully saturated rings. The number of halogens is 2. The molecule has 1 aromatic carbocycles. The fraction of sp³-hybridized carbons (Fsp3) is 0.0769. The van der Waals surface area contributed by atoms with Crippen LogP contribution in [0.3, 0.4) is 0 Å². The molecule has 4 aromatic rings. The van der Waals surface area contributed by atoms with E-state index >= 15 is 0 Å². The fourth-order valence-electron chi connectivity index (χ4n) is 2.10. The molecular formula is C13H7Br2N3OS2. The van der Waals surface area contributed by atoms with E-state index in [1.807, 2.05) is 30.5 Å². The van der Waals surface area contributed by atoms with E-state index in [4.69, 9.17) is 4.42 Å². The summed E-state index contributed by atoms with van der Waals surface area (Å²) in [6, 6.07) is 7.90. The van der Waals surface area contributed by atoms with Crippen molar-refractivity contribution in [3.63, 3.8) is 0 Å². The standard InChI is InChI=1S/C13H7Br2N3OS2/c1-20-13-17-18-11(15)9(16-12(18)21-13)10-8(14)6-4-2-3-5-7(6)19-10/h2-5H,1H3. The van der Waals surface area contributed by atoms with Crippen LogP contribution in [-0.2, 0) is 0 Å². The van der Waals surface area contributed by atoms with Gasteiger partial charge >= 0.3 is 0 Å². The molecule has 0 spiro atoms. The Labute approximate surface area is 144 Å². The van der Waals surface area contributed by atoms with Gasteiger partial charge in [-0.2, -0.15) is 4.52 Å². The molecule has 8 heteroatoms. The highest BCUT2D eigenvalue weighted by atomic mass is 79.9. The third-order valence-electron chi connectivity index (χ3n) is 3.05. The first-order valence-corrected chi connectivity index (χ1v) is 9.58. The quantitative estimate of drug-likeness (QED) is 0.385. The smallest absolute Gasteiger partial charge is 0.214 e. The van der Waals surface area contributed by atoms with Crippen molar-refractivity contribution in [1.82, 2.24) is 14.6 Å². The molecule has 0 aliphatic carbocycles. The molecule has 3 heterocycles. The van der Waals surface area contributed by atoms with Crippen LogP contribution in [0.1, 0.15) is 0 Å². The van der Waals surface area contributed by atoms with E-state index in [2.05, 4.69) is 41.9 Å². The maximum atomic E-state index is 5.94. The van der Waals surface area contributed by atoms with Crippen LogP contribution in [0.4, 0.5) is 0 Å². The van der Waals surface area contributed by atoms with Gasteiger partial charge in [0.15, 0.2) is 10.1 Å². The van der Waals surface area contributed by atoms with Crippen LogP contribution >= 0.6 is 55.0 Å². The Bertz CT molecular complexity index is 973. The Hall–Kier alpha value is -0.830. The average Bonchev–Trinajstić information content (AvgIpc) is 3.13. The van der Waals surface area contributed by atoms with E-state index in [1.165, 1.54) is 0 Å². The Kier molecular flexibility index (Phi) is 3.36. The lowest BCUT2D eigenvalue weighted by molar-refractivity contribution is 0.627. The highest BCUT2D eigenvalue weighted by Gasteiger charge is 2.22. The topological polar surface area (TPSA) is 43.3 Å². The second-order valence-electron chi connectivity index (χ2n) is 4.26. The van der Waals surface area contributed by atoms with Crippen LogP contribution in [0.25, 0.3) is 27.4 Å². The number of fused-ring (bicyclic) bond motifs is 2. The van der Waals surface area contributed by atoms with Crippen molar-refractivity contribution in [2.45, 2.75) is 4.34 Å². The second-order valence-corrected chi connectivity index (χ2v) is 7.81. The third kappa shape index (κ3) is 2.08. The first kappa shape index (κ1) is 13.8. The molecule has 0 amide bonds. The minimum absolute atomic E-state index is 0.714. The molecule has 0 aliphatic rings. The Morgan fingerprint density at radius 1 is 1.29 bits per heavy atom. The minimum atomic E-state index is 0.714. The summed E-state index contributed by atoms with van der Waals surface area (Å²) in [5, 5.41) is 5.53. The molecule has 0 unspecified atom stereocenters. The van der Waals surface area contributed by atoms with Crippen molar-refractivity contribution in [2.75, 3.05) is 6.26 Å². The molecule has 0 saturated heterocycles. The Balaban J connectivity index is 1.97. The minimum Gasteiger partial charge on any atom is -0.453 e. The highest BCUT2D eigenvalue weighted by Crippen LogP contribution is 2.41. The maximum Gasteiger partial charge on any atom is 0.214 e. The summed E-state index contributed by atoms with van der Waals surface area (Å²) in [5.74, 6) is 0.714. The number of imidazole rings is 1. The van der Waals surface area contributed by atoms with Gasteiger partial charge in [-0.15, -0.1) is 5.10 Å². The molecule has 0 saturated carbocycles. The van der Waals surface area contributed by atoms with Crippen molar-refractivity contribution in [2.24, 2.45) is 0 Å². The summed E-state index contributed by atoms with van der Waals surface area (Å²) in [7, 11) is 0. The molecule has 4 rings (SSSR count). The van der Waals surface area contributed by atoms with E-state index in [0.29, 0.717) is 5.76 Å². The predicted octanol–water partition coefficient (Wildman–Crippen LogP) is 5.45. The van der Waals surface area contributed by atoms with Gasteiger partial charge in [0.1, 0.15) is 15.9 Å². The van der Waals surface area contributed by atoms with E-state index in [9.17, 15) is 0 Å². The number of hydrogen-bond acceptors (Lipinski definition) is 5. The summed E-state index contributed by atoms with van der Waals surface area (Å²) in [4.78, 5) is 5.48. The van der Waals surface area contributed by atoms with E-state index in [1.54, 1.807) is 27.6 Å². The number of furan rings is 1. The number of hydrogen-bond donors (Lipinski definition) is 0. The summed E-state index contributed by atoms with van der Waals surface area (Å²) >= 11 is 10.4. The van der Waals surface area contributed by atoms with Crippen LogP contribution < -0.4 is 0 Å². The van der Waals surface area contributed by atoms with Crippen molar-refractivity contribution < 1.29 is 4.42 Å². The van der Waals surface area contributed by atoms with Gasteiger partial charge in [0.2, 0.25) is 4.96 Å². The van der Waals surface area contributed by atoms with Gasteiger partial charge in [0, 0.05) is 5.39 Å². The number of rotatable bonds is 2. The van der Waals surface area contributed by atoms with Crippen LogP contribution in [0.15, 0.2) is 42.1 Å². The predicted molar refractivity (Wildman–Crippen MR) is 93.3 cm³/mol. The van der Waals surface area contributed by atoms with Gasteiger partial charge in [-0.25, -0.2) is 4.98 Å². The zero-order chi connectivity index (χ0) is 14.6. The van der Waals surface area contributed by atoms with Crippen molar-refractivity contribution in [1.29, 1.82) is 0 Å². The molecule has 0 N–H and O–H groups in total. The molecule has 0 atom stereocenters. The number of benzene rings is 1. The number of para-hydroxylation sites is 1. The summed E-state index contributed by atoms with van der Waals surface area (Å²) < 4.78 is 10.4. The molecular weight excluding hydrogens is 438 g/mol. The summed E-state index contributed by atoms with van der Waals surface area (Å²) in [5.41, 5.74) is 1.59. The van der Waals surface area contributed by atoms with Gasteiger partial charge in [-0.3, -0.25) is 0 Å². The monoisotopic (exact) mass is 443 g/mol. The first-order valence-electron chi connectivity index (χ1n) is 5.95. The fourth-order valence-corrected chi connectivity index (χ4v) is 4.68. The van der Waals surface area contributed by atoms with E-state index in [0.717, 1.165) is 35.0 Å². The zero-order valence-electron chi connectivity index (χ0n) is 10.6. The third-order valence-corrected chi connectivity index (χ3v) is 6.44. The lowest BCUT2D eigenvalue weighted by Gasteiger charge is -1.93. The number of aromatic nitrogens is 3. The SMILES string of the molecule is CSc1nn2c(Br)c(-c3oc4ccccc4c3Br)nc2s1. The zero-order valence-corrected chi connectivity index (χ0v) is 15.4. The average molecular weight is 445 g/mol. The summed E-state index contributed by atoms with van der Waals surface area (Å²) in [6.45, 7) is 0. The first-order chi connectivity index (χ1) is 10.2. The van der Waals surface area contributed by atoms with Crippen molar-refractivity contribution in [3.05, 3.63) is 33.3 Å². The molecule has 106 valence electrons. The maximum absolute atomic E-state index is 5.94. The van der Waals surface area contributed by atoms with Crippen LogP contribution in [0, 0.1) is 0 Å². The second kappa shape index (κ2) is 5.12. The normalized spacial score (nSPS) is 11.8. The lowest BCUT2D eigenvalue weighted by Crippen LogP contribution is -1.84. The van der Waals surface area contributed by atoms with Gasteiger partial charge in [0.05, 0.1) is 4.47 Å². The largest absolute Gasteiger partial charge is 0.453 e. The van der Waals surface area contributed by atoms with Crippen molar-refractivity contribution >= 4 is 70.9 Å². The van der Waals surface area contributed by atoms with Crippen LogP contribution in [-0.4, -0.2) is 20.9 Å². The Morgan fingerprint density at radius 2 is 2.10 bits per heavy atom. The molecule has 3 aromatic heterocycles. The highest BCUT2D eigenvalue weighted by molar-refractivity contribution is 9.11. The van der Waals surface area contributed by atoms with E-state index < -0.39 is 0 Å². The Morgan fingerprint density at radius 3 is 2.81 bits per heavy atom. The summed E-state index contributed by atoms with van der Waals surface area (Å²) in [6.07, 6.45) is 2.00. The van der Waals surface area contributed by atoms with Gasteiger partial charge in [-0.1, -0.05) is 35.2 Å². The molecule has 0 bridgehead atoms. The lowest BCUT2D eigenvalue weighted by atomic mass is 10.2.